The van der Waals surface area contributed by atoms with E-state index >= 15 is 0 Å². The first-order chi connectivity index (χ1) is 9.86. The van der Waals surface area contributed by atoms with E-state index in [1.165, 1.54) is 6.07 Å². The molecule has 21 heavy (non-hydrogen) atoms. The molecule has 0 fully saturated rings. The van der Waals surface area contributed by atoms with Gasteiger partial charge in [-0.1, -0.05) is 35.9 Å². The standard InChI is InChI=1S/C14H14ClN3O2S/c1-8-4-2-3-5-9(8)14-17-11-6-10(15)13(21(16,19)20)7-12(11)18-14/h2-7,14,17-18H,1H3,(H2,16,19,20). The van der Waals surface area contributed by atoms with E-state index < -0.39 is 10.0 Å². The van der Waals surface area contributed by atoms with Crippen molar-refractivity contribution >= 4 is 33.0 Å². The Morgan fingerprint density at radius 3 is 2.38 bits per heavy atom. The largest absolute Gasteiger partial charge is 0.360 e. The van der Waals surface area contributed by atoms with E-state index in [9.17, 15) is 8.42 Å². The summed E-state index contributed by atoms with van der Waals surface area (Å²) in [6, 6.07) is 11.0. The number of hydrogen-bond donors (Lipinski definition) is 3. The van der Waals surface area contributed by atoms with Crippen molar-refractivity contribution in [3.63, 3.8) is 0 Å². The molecule has 0 amide bonds. The van der Waals surface area contributed by atoms with Crippen LogP contribution in [0.15, 0.2) is 41.3 Å². The molecule has 1 aliphatic heterocycles. The number of nitrogens with one attached hydrogen (secondary N) is 2. The van der Waals surface area contributed by atoms with Crippen molar-refractivity contribution in [1.29, 1.82) is 0 Å². The fourth-order valence-electron chi connectivity index (χ4n) is 2.42. The first kappa shape index (κ1) is 14.2. The maximum absolute atomic E-state index is 11.5. The van der Waals surface area contributed by atoms with Crippen molar-refractivity contribution in [3.8, 4) is 0 Å². The molecule has 2 aromatic carbocycles. The van der Waals surface area contributed by atoms with Crippen LogP contribution in [0.1, 0.15) is 17.3 Å². The predicted octanol–water partition coefficient (Wildman–Crippen LogP) is 2.83. The molecular weight excluding hydrogens is 310 g/mol. The lowest BCUT2D eigenvalue weighted by atomic mass is 10.1. The van der Waals surface area contributed by atoms with Gasteiger partial charge in [-0.2, -0.15) is 0 Å². The molecule has 4 N–H and O–H groups in total. The summed E-state index contributed by atoms with van der Waals surface area (Å²) in [6.45, 7) is 2.02. The molecule has 3 rings (SSSR count). The predicted molar refractivity (Wildman–Crippen MR) is 84.0 cm³/mol. The zero-order chi connectivity index (χ0) is 15.2. The molecule has 1 aliphatic rings. The number of fused-ring (bicyclic) bond motifs is 1. The summed E-state index contributed by atoms with van der Waals surface area (Å²) in [5.74, 6) is 0. The van der Waals surface area contributed by atoms with Gasteiger partial charge in [0.25, 0.3) is 0 Å². The molecule has 0 bridgehead atoms. The lowest BCUT2D eigenvalue weighted by Gasteiger charge is -2.15. The van der Waals surface area contributed by atoms with Gasteiger partial charge in [0.1, 0.15) is 11.1 Å². The Morgan fingerprint density at radius 2 is 1.76 bits per heavy atom. The topological polar surface area (TPSA) is 84.2 Å². The van der Waals surface area contributed by atoms with E-state index in [4.69, 9.17) is 16.7 Å². The van der Waals surface area contributed by atoms with Crippen molar-refractivity contribution in [2.24, 2.45) is 5.14 Å². The van der Waals surface area contributed by atoms with E-state index in [1.807, 2.05) is 31.2 Å². The summed E-state index contributed by atoms with van der Waals surface area (Å²) >= 11 is 5.99. The number of hydrogen-bond acceptors (Lipinski definition) is 4. The zero-order valence-electron chi connectivity index (χ0n) is 11.2. The number of nitrogens with two attached hydrogens (primary N) is 1. The highest BCUT2D eigenvalue weighted by atomic mass is 35.5. The fraction of sp³-hybridized carbons (Fsp3) is 0.143. The maximum Gasteiger partial charge on any atom is 0.239 e. The van der Waals surface area contributed by atoms with Gasteiger partial charge in [0, 0.05) is 0 Å². The SMILES string of the molecule is Cc1ccccc1C1Nc2cc(Cl)c(S(N)(=O)=O)cc2N1. The molecule has 2 aromatic rings. The molecule has 1 heterocycles. The summed E-state index contributed by atoms with van der Waals surface area (Å²) in [7, 11) is -3.85. The van der Waals surface area contributed by atoms with Crippen LogP contribution in [0.5, 0.6) is 0 Å². The Hall–Kier alpha value is -1.76. The molecule has 0 saturated carbocycles. The average molecular weight is 324 g/mol. The van der Waals surface area contributed by atoms with Crippen LogP contribution < -0.4 is 15.8 Å². The molecule has 0 aromatic heterocycles. The third-order valence-electron chi connectivity index (χ3n) is 3.48. The number of benzene rings is 2. The Balaban J connectivity index is 2.01. The first-order valence-electron chi connectivity index (χ1n) is 6.31. The molecular formula is C14H14ClN3O2S. The molecule has 110 valence electrons. The van der Waals surface area contributed by atoms with Crippen molar-refractivity contribution in [3.05, 3.63) is 52.5 Å². The van der Waals surface area contributed by atoms with Crippen molar-refractivity contribution in [2.45, 2.75) is 18.0 Å². The molecule has 1 unspecified atom stereocenters. The van der Waals surface area contributed by atoms with Crippen LogP contribution in [0.25, 0.3) is 0 Å². The minimum atomic E-state index is -3.85. The number of primary sulfonamides is 1. The highest BCUT2D eigenvalue weighted by Crippen LogP contribution is 2.40. The van der Waals surface area contributed by atoms with Crippen LogP contribution in [-0.4, -0.2) is 8.42 Å². The van der Waals surface area contributed by atoms with Gasteiger partial charge in [-0.25, -0.2) is 13.6 Å². The van der Waals surface area contributed by atoms with Gasteiger partial charge in [0.15, 0.2) is 0 Å². The molecule has 7 heteroatoms. The highest BCUT2D eigenvalue weighted by molar-refractivity contribution is 7.89. The molecule has 0 spiro atoms. The Kier molecular flexibility index (Phi) is 3.32. The minimum absolute atomic E-state index is 0.0809. The highest BCUT2D eigenvalue weighted by Gasteiger charge is 2.25. The summed E-state index contributed by atoms with van der Waals surface area (Å²) in [6.07, 6.45) is -0.131. The zero-order valence-corrected chi connectivity index (χ0v) is 12.8. The Bertz CT molecular complexity index is 821. The van der Waals surface area contributed by atoms with E-state index in [-0.39, 0.29) is 16.1 Å². The van der Waals surface area contributed by atoms with Gasteiger partial charge in [-0.15, -0.1) is 0 Å². The number of anilines is 2. The summed E-state index contributed by atoms with van der Waals surface area (Å²) in [5, 5.41) is 11.8. The van der Waals surface area contributed by atoms with Gasteiger partial charge >= 0.3 is 0 Å². The quantitative estimate of drug-likeness (QED) is 0.793. The lowest BCUT2D eigenvalue weighted by molar-refractivity contribution is 0.598. The average Bonchev–Trinajstić information content (AvgIpc) is 2.79. The van der Waals surface area contributed by atoms with Gasteiger partial charge in [0.2, 0.25) is 10.0 Å². The van der Waals surface area contributed by atoms with Gasteiger partial charge in [-0.05, 0) is 30.2 Å². The van der Waals surface area contributed by atoms with Crippen molar-refractivity contribution < 1.29 is 8.42 Å². The Labute approximate surface area is 128 Å². The minimum Gasteiger partial charge on any atom is -0.360 e. The normalized spacial score (nSPS) is 17.0. The van der Waals surface area contributed by atoms with Crippen LogP contribution in [0.3, 0.4) is 0 Å². The van der Waals surface area contributed by atoms with E-state index in [0.29, 0.717) is 5.69 Å². The number of aryl methyl sites for hydroxylation is 1. The molecule has 0 aliphatic carbocycles. The van der Waals surface area contributed by atoms with Gasteiger partial charge in [-0.3, -0.25) is 0 Å². The summed E-state index contributed by atoms with van der Waals surface area (Å²) in [4.78, 5) is -0.0809. The van der Waals surface area contributed by atoms with Gasteiger partial charge in [0.05, 0.1) is 16.4 Å². The van der Waals surface area contributed by atoms with Crippen LogP contribution in [0.2, 0.25) is 5.02 Å². The molecule has 0 saturated heterocycles. The maximum atomic E-state index is 11.5. The van der Waals surface area contributed by atoms with Crippen molar-refractivity contribution in [2.75, 3.05) is 10.6 Å². The molecule has 5 nitrogen and oxygen atoms in total. The molecule has 0 radical (unpaired) electrons. The second-order valence-electron chi connectivity index (χ2n) is 4.95. The van der Waals surface area contributed by atoms with E-state index in [0.717, 1.165) is 16.8 Å². The Morgan fingerprint density at radius 1 is 1.14 bits per heavy atom. The number of rotatable bonds is 2. The smallest absolute Gasteiger partial charge is 0.239 e. The van der Waals surface area contributed by atoms with Gasteiger partial charge < -0.3 is 10.6 Å². The van der Waals surface area contributed by atoms with Crippen LogP contribution in [0.4, 0.5) is 11.4 Å². The number of halogens is 1. The lowest BCUT2D eigenvalue weighted by Crippen LogP contribution is -2.13. The monoisotopic (exact) mass is 323 g/mol. The second kappa shape index (κ2) is 4.91. The van der Waals surface area contributed by atoms with Crippen LogP contribution in [-0.2, 0) is 10.0 Å². The summed E-state index contributed by atoms with van der Waals surface area (Å²) in [5.41, 5.74) is 3.63. The van der Waals surface area contributed by atoms with Crippen molar-refractivity contribution in [1.82, 2.24) is 0 Å². The third kappa shape index (κ3) is 2.57. The third-order valence-corrected chi connectivity index (χ3v) is 4.85. The number of sulfonamides is 1. The van der Waals surface area contributed by atoms with Crippen LogP contribution >= 0.6 is 11.6 Å². The summed E-state index contributed by atoms with van der Waals surface area (Å²) < 4.78 is 23.0. The molecule has 1 atom stereocenters. The fourth-order valence-corrected chi connectivity index (χ4v) is 3.52. The second-order valence-corrected chi connectivity index (χ2v) is 6.89. The van der Waals surface area contributed by atoms with Crippen LogP contribution in [0, 0.1) is 6.92 Å². The van der Waals surface area contributed by atoms with E-state index in [2.05, 4.69) is 10.6 Å². The van der Waals surface area contributed by atoms with E-state index in [1.54, 1.807) is 6.07 Å². The first-order valence-corrected chi connectivity index (χ1v) is 8.23.